The molecule has 0 aliphatic rings. The van der Waals surface area contributed by atoms with Gasteiger partial charge in [-0.2, -0.15) is 0 Å². The molecule has 0 amide bonds. The molecular weight excluding hydrogens is 258 g/mol. The second-order valence-electron chi connectivity index (χ2n) is 3.61. The van der Waals surface area contributed by atoms with Crippen LogP contribution in [0.4, 0.5) is 5.69 Å². The predicted molar refractivity (Wildman–Crippen MR) is 70.9 cm³/mol. The predicted octanol–water partition coefficient (Wildman–Crippen LogP) is 3.66. The summed E-state index contributed by atoms with van der Waals surface area (Å²) in [5.74, 6) is -0.990. The molecule has 88 valence electrons. The summed E-state index contributed by atoms with van der Waals surface area (Å²) in [4.78, 5) is 12.0. The second kappa shape index (κ2) is 4.39. The first-order valence-electron chi connectivity index (χ1n) is 4.89. The molecule has 0 saturated heterocycles. The van der Waals surface area contributed by atoms with E-state index in [-0.39, 0.29) is 4.88 Å². The normalized spacial score (nSPS) is 10.5. The van der Waals surface area contributed by atoms with Crippen LogP contribution in [0.2, 0.25) is 5.02 Å². The van der Waals surface area contributed by atoms with Gasteiger partial charge in [-0.1, -0.05) is 23.7 Å². The van der Waals surface area contributed by atoms with Crippen LogP contribution < -0.4 is 5.73 Å². The van der Waals surface area contributed by atoms with E-state index in [1.54, 1.807) is 12.1 Å². The number of thiophene rings is 1. The average Bonchev–Trinajstić information content (AvgIpc) is 2.58. The van der Waals surface area contributed by atoms with Gasteiger partial charge in [-0.05, 0) is 30.2 Å². The summed E-state index contributed by atoms with van der Waals surface area (Å²) >= 11 is 7.00. The molecule has 3 nitrogen and oxygen atoms in total. The van der Waals surface area contributed by atoms with Crippen molar-refractivity contribution >= 4 is 34.6 Å². The van der Waals surface area contributed by atoms with E-state index in [1.165, 1.54) is 11.3 Å². The van der Waals surface area contributed by atoms with Gasteiger partial charge in [-0.25, -0.2) is 4.79 Å². The van der Waals surface area contributed by atoms with Gasteiger partial charge >= 0.3 is 5.97 Å². The van der Waals surface area contributed by atoms with E-state index in [1.807, 2.05) is 19.1 Å². The SMILES string of the molecule is Cc1c(-c2ccc(Cl)cc2)sc(C(=O)O)c1N. The van der Waals surface area contributed by atoms with Gasteiger partial charge in [-0.3, -0.25) is 0 Å². The molecule has 0 aliphatic carbocycles. The zero-order chi connectivity index (χ0) is 12.6. The lowest BCUT2D eigenvalue weighted by Gasteiger charge is -1.99. The fraction of sp³-hybridized carbons (Fsp3) is 0.0833. The number of nitrogens with two attached hydrogens (primary N) is 1. The third-order valence-electron chi connectivity index (χ3n) is 2.49. The highest BCUT2D eigenvalue weighted by Gasteiger charge is 2.18. The van der Waals surface area contributed by atoms with Crippen molar-refractivity contribution in [2.75, 3.05) is 5.73 Å². The molecule has 0 atom stereocenters. The number of carboxylic acid groups (broad SMARTS) is 1. The van der Waals surface area contributed by atoms with Crippen molar-refractivity contribution < 1.29 is 9.90 Å². The highest BCUT2D eigenvalue weighted by atomic mass is 35.5. The highest BCUT2D eigenvalue weighted by Crippen LogP contribution is 2.38. The molecule has 0 unspecified atom stereocenters. The molecule has 0 spiro atoms. The van der Waals surface area contributed by atoms with Crippen LogP contribution in [0.1, 0.15) is 15.2 Å². The Morgan fingerprint density at radius 2 is 1.94 bits per heavy atom. The van der Waals surface area contributed by atoms with Crippen LogP contribution >= 0.6 is 22.9 Å². The molecule has 1 aromatic heterocycles. The van der Waals surface area contributed by atoms with Crippen LogP contribution in [0.3, 0.4) is 0 Å². The number of benzene rings is 1. The number of halogens is 1. The molecular formula is C12H10ClNO2S. The summed E-state index contributed by atoms with van der Waals surface area (Å²) in [5, 5.41) is 9.65. The van der Waals surface area contributed by atoms with Crippen LogP contribution in [0.25, 0.3) is 10.4 Å². The maximum atomic E-state index is 11.0. The van der Waals surface area contributed by atoms with Crippen molar-refractivity contribution in [2.45, 2.75) is 6.92 Å². The Morgan fingerprint density at radius 3 is 2.41 bits per heavy atom. The number of rotatable bonds is 2. The van der Waals surface area contributed by atoms with E-state index < -0.39 is 5.97 Å². The second-order valence-corrected chi connectivity index (χ2v) is 5.07. The van der Waals surface area contributed by atoms with Crippen molar-refractivity contribution in [1.82, 2.24) is 0 Å². The minimum Gasteiger partial charge on any atom is -0.477 e. The number of carbonyl (C=O) groups is 1. The number of aromatic carboxylic acids is 1. The maximum Gasteiger partial charge on any atom is 0.348 e. The van der Waals surface area contributed by atoms with E-state index in [0.29, 0.717) is 10.7 Å². The Bertz CT molecular complexity index is 575. The fourth-order valence-electron chi connectivity index (χ4n) is 1.56. The summed E-state index contributed by atoms with van der Waals surface area (Å²) in [6.07, 6.45) is 0. The number of hydrogen-bond donors (Lipinski definition) is 2. The lowest BCUT2D eigenvalue weighted by atomic mass is 10.1. The quantitative estimate of drug-likeness (QED) is 0.873. The van der Waals surface area contributed by atoms with Crippen LogP contribution in [0.5, 0.6) is 0 Å². The van der Waals surface area contributed by atoms with Crippen molar-refractivity contribution in [3.63, 3.8) is 0 Å². The largest absolute Gasteiger partial charge is 0.477 e. The lowest BCUT2D eigenvalue weighted by Crippen LogP contribution is -1.97. The highest BCUT2D eigenvalue weighted by molar-refractivity contribution is 7.18. The van der Waals surface area contributed by atoms with Gasteiger partial charge in [0.15, 0.2) is 0 Å². The summed E-state index contributed by atoms with van der Waals surface area (Å²) in [6.45, 7) is 1.82. The number of hydrogen-bond acceptors (Lipinski definition) is 3. The zero-order valence-electron chi connectivity index (χ0n) is 9.03. The molecule has 5 heteroatoms. The third kappa shape index (κ3) is 2.14. The van der Waals surface area contributed by atoms with Crippen LogP contribution in [-0.4, -0.2) is 11.1 Å². The topological polar surface area (TPSA) is 63.3 Å². The molecule has 1 heterocycles. The van der Waals surface area contributed by atoms with Gasteiger partial charge in [0, 0.05) is 9.90 Å². The first-order chi connectivity index (χ1) is 8.00. The van der Waals surface area contributed by atoms with Gasteiger partial charge in [0.05, 0.1) is 5.69 Å². The van der Waals surface area contributed by atoms with Crippen molar-refractivity contribution in [3.8, 4) is 10.4 Å². The molecule has 2 aromatic rings. The van der Waals surface area contributed by atoms with Crippen LogP contribution in [0, 0.1) is 6.92 Å². The monoisotopic (exact) mass is 267 g/mol. The Balaban J connectivity index is 2.56. The first-order valence-corrected chi connectivity index (χ1v) is 6.08. The molecule has 0 fully saturated rings. The first kappa shape index (κ1) is 12.0. The molecule has 0 radical (unpaired) electrons. The summed E-state index contributed by atoms with van der Waals surface area (Å²) in [7, 11) is 0. The minimum absolute atomic E-state index is 0.187. The molecule has 17 heavy (non-hydrogen) atoms. The van der Waals surface area contributed by atoms with E-state index >= 15 is 0 Å². The number of anilines is 1. The standard InChI is InChI=1S/C12H10ClNO2S/c1-6-9(14)11(12(15)16)17-10(6)7-2-4-8(13)5-3-7/h2-5H,14H2,1H3,(H,15,16). The Kier molecular flexibility index (Phi) is 3.09. The maximum absolute atomic E-state index is 11.0. The number of carboxylic acids is 1. The van der Waals surface area contributed by atoms with E-state index in [0.717, 1.165) is 16.0 Å². The molecule has 0 saturated carbocycles. The Hall–Kier alpha value is -1.52. The third-order valence-corrected chi connectivity index (χ3v) is 4.09. The van der Waals surface area contributed by atoms with E-state index in [4.69, 9.17) is 22.4 Å². The van der Waals surface area contributed by atoms with Gasteiger partial charge < -0.3 is 10.8 Å². The molecule has 1 aromatic carbocycles. The van der Waals surface area contributed by atoms with Gasteiger partial charge in [0.25, 0.3) is 0 Å². The Morgan fingerprint density at radius 1 is 1.35 bits per heavy atom. The minimum atomic E-state index is -0.990. The lowest BCUT2D eigenvalue weighted by molar-refractivity contribution is 0.0703. The summed E-state index contributed by atoms with van der Waals surface area (Å²) in [6, 6.07) is 7.25. The number of nitrogen functional groups attached to an aromatic ring is 1. The van der Waals surface area contributed by atoms with Crippen molar-refractivity contribution in [3.05, 3.63) is 39.7 Å². The summed E-state index contributed by atoms with van der Waals surface area (Å²) < 4.78 is 0. The smallest absolute Gasteiger partial charge is 0.348 e. The van der Waals surface area contributed by atoms with E-state index in [9.17, 15) is 4.79 Å². The molecule has 0 aliphatic heterocycles. The molecule has 3 N–H and O–H groups in total. The fourth-order valence-corrected chi connectivity index (χ4v) is 2.76. The van der Waals surface area contributed by atoms with E-state index in [2.05, 4.69) is 0 Å². The van der Waals surface area contributed by atoms with Crippen LogP contribution in [0.15, 0.2) is 24.3 Å². The van der Waals surface area contributed by atoms with Gasteiger partial charge in [-0.15, -0.1) is 11.3 Å². The molecule has 0 bridgehead atoms. The zero-order valence-corrected chi connectivity index (χ0v) is 10.6. The van der Waals surface area contributed by atoms with Crippen molar-refractivity contribution in [2.24, 2.45) is 0 Å². The average molecular weight is 268 g/mol. The Labute approximate surface area is 107 Å². The van der Waals surface area contributed by atoms with Crippen LogP contribution in [-0.2, 0) is 0 Å². The van der Waals surface area contributed by atoms with Gasteiger partial charge in [0.1, 0.15) is 4.88 Å². The van der Waals surface area contributed by atoms with Crippen molar-refractivity contribution in [1.29, 1.82) is 0 Å². The van der Waals surface area contributed by atoms with Gasteiger partial charge in [0.2, 0.25) is 0 Å². The summed E-state index contributed by atoms with van der Waals surface area (Å²) in [5.41, 5.74) is 7.84. The molecule has 2 rings (SSSR count).